The zero-order valence-corrected chi connectivity index (χ0v) is 11.1. The molecule has 1 aromatic rings. The first-order valence-corrected chi connectivity index (χ1v) is 7.28. The van der Waals surface area contributed by atoms with Crippen LogP contribution < -0.4 is 16.0 Å². The Labute approximate surface area is 107 Å². The summed E-state index contributed by atoms with van der Waals surface area (Å²) in [6, 6.07) is 6.55. The van der Waals surface area contributed by atoms with Crippen LogP contribution in [0.2, 0.25) is 0 Å². The lowest BCUT2D eigenvalue weighted by Gasteiger charge is -2.15. The molecule has 1 fully saturated rings. The van der Waals surface area contributed by atoms with Gasteiger partial charge in [-0.3, -0.25) is 5.84 Å². The normalized spacial score (nSPS) is 21.1. The van der Waals surface area contributed by atoms with Gasteiger partial charge >= 0.3 is 0 Å². The van der Waals surface area contributed by atoms with Crippen molar-refractivity contribution in [3.63, 3.8) is 0 Å². The van der Waals surface area contributed by atoms with Crippen molar-refractivity contribution in [2.75, 3.05) is 25.6 Å². The van der Waals surface area contributed by atoms with Crippen LogP contribution in [0.15, 0.2) is 29.2 Å². The van der Waals surface area contributed by atoms with Crippen molar-refractivity contribution in [2.45, 2.75) is 17.4 Å². The zero-order chi connectivity index (χ0) is 13.2. The fraction of sp³-hybridized carbons (Fsp3) is 0.455. The number of hydrogen-bond acceptors (Lipinski definition) is 5. The molecule has 0 radical (unpaired) electrons. The Morgan fingerprint density at radius 3 is 2.72 bits per heavy atom. The molecule has 0 amide bonds. The van der Waals surface area contributed by atoms with Crippen molar-refractivity contribution in [3.8, 4) is 0 Å². The van der Waals surface area contributed by atoms with Gasteiger partial charge in [0.05, 0.1) is 5.69 Å². The van der Waals surface area contributed by atoms with Crippen LogP contribution in [0.4, 0.5) is 5.69 Å². The Morgan fingerprint density at radius 1 is 1.39 bits per heavy atom. The van der Waals surface area contributed by atoms with Crippen molar-refractivity contribution in [1.82, 2.24) is 9.62 Å². The molecule has 0 aromatic heterocycles. The first-order chi connectivity index (χ1) is 8.53. The van der Waals surface area contributed by atoms with Gasteiger partial charge in [-0.15, -0.1) is 0 Å². The van der Waals surface area contributed by atoms with Crippen LogP contribution in [0.1, 0.15) is 6.42 Å². The molecule has 6 nitrogen and oxygen atoms in total. The summed E-state index contributed by atoms with van der Waals surface area (Å²) in [7, 11) is -1.55. The van der Waals surface area contributed by atoms with Gasteiger partial charge in [-0.2, -0.15) is 0 Å². The van der Waals surface area contributed by atoms with Crippen LogP contribution in [0, 0.1) is 0 Å². The fourth-order valence-corrected chi connectivity index (χ4v) is 3.57. The zero-order valence-electron chi connectivity index (χ0n) is 10.3. The van der Waals surface area contributed by atoms with E-state index in [4.69, 9.17) is 5.84 Å². The van der Waals surface area contributed by atoms with Crippen molar-refractivity contribution >= 4 is 15.7 Å². The number of nitrogen functional groups attached to an aromatic ring is 1. The van der Waals surface area contributed by atoms with Crippen LogP contribution in [0.25, 0.3) is 0 Å². The van der Waals surface area contributed by atoms with Crippen LogP contribution in [0.3, 0.4) is 0 Å². The van der Waals surface area contributed by atoms with Crippen LogP contribution >= 0.6 is 0 Å². The summed E-state index contributed by atoms with van der Waals surface area (Å²) in [5.41, 5.74) is 2.81. The second-order valence-corrected chi connectivity index (χ2v) is 6.19. The van der Waals surface area contributed by atoms with Gasteiger partial charge in [-0.25, -0.2) is 13.1 Å². The highest BCUT2D eigenvalue weighted by Gasteiger charge is 2.26. The molecular formula is C11H18N4O2S. The molecule has 0 saturated carbocycles. The van der Waals surface area contributed by atoms with E-state index in [1.807, 2.05) is 7.05 Å². The Bertz CT molecular complexity index is 518. The summed E-state index contributed by atoms with van der Waals surface area (Å²) < 4.78 is 27.2. The van der Waals surface area contributed by atoms with E-state index in [2.05, 4.69) is 15.0 Å². The van der Waals surface area contributed by atoms with Crippen LogP contribution in [-0.4, -0.2) is 39.5 Å². The van der Waals surface area contributed by atoms with Gasteiger partial charge in [0, 0.05) is 12.6 Å². The van der Waals surface area contributed by atoms with E-state index in [-0.39, 0.29) is 10.9 Å². The van der Waals surface area contributed by atoms with Crippen molar-refractivity contribution in [3.05, 3.63) is 24.3 Å². The third-order valence-corrected chi connectivity index (χ3v) is 4.62. The summed E-state index contributed by atoms with van der Waals surface area (Å²) in [6.45, 7) is 1.64. The number of rotatable bonds is 4. The highest BCUT2D eigenvalue weighted by atomic mass is 32.2. The van der Waals surface area contributed by atoms with Crippen LogP contribution in [-0.2, 0) is 10.0 Å². The maximum Gasteiger partial charge on any atom is 0.242 e. The van der Waals surface area contributed by atoms with E-state index in [1.165, 1.54) is 6.07 Å². The molecule has 1 aromatic carbocycles. The largest absolute Gasteiger partial charge is 0.323 e. The molecule has 1 saturated heterocycles. The summed E-state index contributed by atoms with van der Waals surface area (Å²) in [5.74, 6) is 5.33. The number of nitrogens with one attached hydrogen (secondary N) is 2. The predicted octanol–water partition coefficient (Wildman–Crippen LogP) is -0.0454. The molecule has 1 aliphatic heterocycles. The maximum atomic E-state index is 12.2. The van der Waals surface area contributed by atoms with E-state index in [1.54, 1.807) is 18.2 Å². The molecule has 0 bridgehead atoms. The second-order valence-electron chi connectivity index (χ2n) is 4.51. The lowest BCUT2D eigenvalue weighted by Crippen LogP contribution is -2.36. The summed E-state index contributed by atoms with van der Waals surface area (Å²) in [6.07, 6.45) is 0.827. The highest BCUT2D eigenvalue weighted by Crippen LogP contribution is 2.20. The molecule has 1 heterocycles. The van der Waals surface area contributed by atoms with Gasteiger partial charge in [0.2, 0.25) is 10.0 Å². The number of likely N-dealkylation sites (N-methyl/N-ethyl adjacent to an activating group) is 1. The first kappa shape index (κ1) is 13.3. The third kappa shape index (κ3) is 2.81. The van der Waals surface area contributed by atoms with Gasteiger partial charge in [0.15, 0.2) is 0 Å². The van der Waals surface area contributed by atoms with Crippen LogP contribution in [0.5, 0.6) is 0 Å². The van der Waals surface area contributed by atoms with E-state index >= 15 is 0 Å². The van der Waals surface area contributed by atoms with Gasteiger partial charge in [-0.05, 0) is 32.1 Å². The monoisotopic (exact) mass is 270 g/mol. The molecule has 1 atom stereocenters. The van der Waals surface area contributed by atoms with E-state index < -0.39 is 10.0 Å². The Hall–Kier alpha value is -1.15. The van der Waals surface area contributed by atoms with E-state index in [9.17, 15) is 8.42 Å². The molecule has 7 heteroatoms. The number of nitrogens with two attached hydrogens (primary N) is 1. The second kappa shape index (κ2) is 5.23. The lowest BCUT2D eigenvalue weighted by molar-refractivity contribution is 0.407. The number of hydrazine groups is 1. The van der Waals surface area contributed by atoms with Crippen molar-refractivity contribution < 1.29 is 8.42 Å². The molecule has 18 heavy (non-hydrogen) atoms. The summed E-state index contributed by atoms with van der Waals surface area (Å²) >= 11 is 0. The molecule has 1 unspecified atom stereocenters. The minimum Gasteiger partial charge on any atom is -0.323 e. The average Bonchev–Trinajstić information content (AvgIpc) is 2.74. The van der Waals surface area contributed by atoms with Crippen molar-refractivity contribution in [2.24, 2.45) is 5.84 Å². The molecule has 2 rings (SSSR count). The average molecular weight is 270 g/mol. The standard InChI is InChI=1S/C11H18N4O2S/c1-15-7-6-9(8-15)14-18(16,17)11-5-3-2-4-10(11)13-12/h2-5,9,13-14H,6-8,12H2,1H3. The first-order valence-electron chi connectivity index (χ1n) is 5.79. The quantitative estimate of drug-likeness (QED) is 0.527. The summed E-state index contributed by atoms with van der Waals surface area (Å²) in [5, 5.41) is 0. The van der Waals surface area contributed by atoms with Crippen molar-refractivity contribution in [1.29, 1.82) is 0 Å². The Morgan fingerprint density at radius 2 is 2.11 bits per heavy atom. The number of nitrogens with zero attached hydrogens (tertiary/aromatic N) is 1. The smallest absolute Gasteiger partial charge is 0.242 e. The highest BCUT2D eigenvalue weighted by molar-refractivity contribution is 7.89. The minimum absolute atomic E-state index is 0.0363. The van der Waals surface area contributed by atoms with Gasteiger partial charge in [0.25, 0.3) is 0 Å². The number of anilines is 1. The topological polar surface area (TPSA) is 87.5 Å². The summed E-state index contributed by atoms with van der Waals surface area (Å²) in [4.78, 5) is 2.28. The van der Waals surface area contributed by atoms with Gasteiger partial charge in [-0.1, -0.05) is 12.1 Å². The molecule has 0 spiro atoms. The maximum absolute atomic E-state index is 12.2. The fourth-order valence-electron chi connectivity index (χ4n) is 2.13. The third-order valence-electron chi connectivity index (χ3n) is 3.05. The Balaban J connectivity index is 2.20. The Kier molecular flexibility index (Phi) is 3.86. The number of likely N-dealkylation sites (tertiary alicyclic amines) is 1. The predicted molar refractivity (Wildman–Crippen MR) is 70.5 cm³/mol. The number of para-hydroxylation sites is 1. The number of hydrogen-bond donors (Lipinski definition) is 3. The molecule has 100 valence electrons. The molecule has 0 aliphatic carbocycles. The number of benzene rings is 1. The molecule has 4 N–H and O–H groups in total. The minimum atomic E-state index is -3.53. The van der Waals surface area contributed by atoms with Gasteiger partial charge < -0.3 is 10.3 Å². The van der Waals surface area contributed by atoms with E-state index in [0.717, 1.165) is 19.5 Å². The van der Waals surface area contributed by atoms with E-state index in [0.29, 0.717) is 5.69 Å². The SMILES string of the molecule is CN1CCC(NS(=O)(=O)c2ccccc2NN)C1. The van der Waals surface area contributed by atoms with Gasteiger partial charge in [0.1, 0.15) is 4.90 Å². The molecular weight excluding hydrogens is 252 g/mol. The lowest BCUT2D eigenvalue weighted by atomic mass is 10.3. The molecule has 1 aliphatic rings. The number of sulfonamides is 1.